The summed E-state index contributed by atoms with van der Waals surface area (Å²) in [4.78, 5) is 12.2. The second kappa shape index (κ2) is 18.4. The maximum Gasteiger partial charge on any atom is 0.132 e. The van der Waals surface area contributed by atoms with E-state index in [4.69, 9.17) is 0 Å². The predicted molar refractivity (Wildman–Crippen MR) is 158 cm³/mol. The lowest BCUT2D eigenvalue weighted by Crippen LogP contribution is -1.97. The molecule has 0 aliphatic rings. The van der Waals surface area contributed by atoms with Crippen LogP contribution < -0.4 is 0 Å². The second-order valence-electron chi connectivity index (χ2n) is 11.3. The molecule has 0 aliphatic heterocycles. The quantitative estimate of drug-likeness (QED) is 0.169. The molecule has 2 aromatic rings. The minimum absolute atomic E-state index is 0.497. The highest BCUT2D eigenvalue weighted by molar-refractivity contribution is 5.78. The number of carbonyl (C=O) groups excluding carboxylic acids is 1. The molecule has 0 amide bonds. The van der Waals surface area contributed by atoms with Crippen molar-refractivity contribution in [3.8, 4) is 0 Å². The zero-order valence-electron chi connectivity index (χ0n) is 24.1. The van der Waals surface area contributed by atoms with Gasteiger partial charge < -0.3 is 0 Å². The first-order chi connectivity index (χ1) is 17.5. The van der Waals surface area contributed by atoms with Crippen LogP contribution >= 0.6 is 0 Å². The van der Waals surface area contributed by atoms with E-state index in [-0.39, 0.29) is 0 Å². The van der Waals surface area contributed by atoms with E-state index in [0.717, 1.165) is 25.7 Å². The fourth-order valence-corrected chi connectivity index (χ4v) is 5.31. The topological polar surface area (TPSA) is 17.1 Å². The molecular formula is C35H54O. The van der Waals surface area contributed by atoms with Crippen molar-refractivity contribution in [3.63, 3.8) is 0 Å². The summed E-state index contributed by atoms with van der Waals surface area (Å²) in [5.41, 5.74) is 8.67. The lowest BCUT2D eigenvalue weighted by Gasteiger charge is -2.07. The fraction of sp³-hybridized carbons (Fsp3) is 0.629. The van der Waals surface area contributed by atoms with Crippen LogP contribution in [0.25, 0.3) is 0 Å². The molecule has 0 saturated heterocycles. The summed E-state index contributed by atoms with van der Waals surface area (Å²) >= 11 is 0. The number of hydrogen-bond donors (Lipinski definition) is 0. The van der Waals surface area contributed by atoms with Crippen molar-refractivity contribution >= 4 is 5.78 Å². The van der Waals surface area contributed by atoms with Crippen molar-refractivity contribution in [3.05, 3.63) is 69.8 Å². The predicted octanol–water partition coefficient (Wildman–Crippen LogP) is 10.5. The first-order valence-electron chi connectivity index (χ1n) is 15.1. The van der Waals surface area contributed by atoms with Gasteiger partial charge in [0.2, 0.25) is 0 Å². The van der Waals surface area contributed by atoms with Gasteiger partial charge in [-0.3, -0.25) is 4.79 Å². The fourth-order valence-electron chi connectivity index (χ4n) is 5.31. The Balaban J connectivity index is 1.33. The van der Waals surface area contributed by atoms with Crippen molar-refractivity contribution < 1.29 is 4.79 Å². The molecule has 0 radical (unpaired) electrons. The van der Waals surface area contributed by atoms with Gasteiger partial charge in [-0.05, 0) is 88.5 Å². The van der Waals surface area contributed by atoms with Crippen molar-refractivity contribution in [1.82, 2.24) is 0 Å². The van der Waals surface area contributed by atoms with Crippen LogP contribution in [-0.2, 0) is 17.6 Å². The standard InChI is InChI=1S/C35H54O/c1-29-23-25-31(3)33(27-29)19-15-11-7-5-9-13-17-21-35(36)22-18-14-10-6-8-12-16-20-34-28-30(2)24-26-32(34)4/h23-28H,5-22H2,1-4H3. The average molecular weight is 491 g/mol. The molecule has 0 bridgehead atoms. The Morgan fingerprint density at radius 2 is 0.806 bits per heavy atom. The number of unbranched alkanes of at least 4 members (excludes halogenated alkanes) is 12. The Hall–Kier alpha value is -1.89. The highest BCUT2D eigenvalue weighted by Crippen LogP contribution is 2.17. The van der Waals surface area contributed by atoms with Crippen LogP contribution in [-0.4, -0.2) is 5.78 Å². The van der Waals surface area contributed by atoms with Gasteiger partial charge in [-0.15, -0.1) is 0 Å². The second-order valence-corrected chi connectivity index (χ2v) is 11.3. The minimum Gasteiger partial charge on any atom is -0.300 e. The third-order valence-corrected chi connectivity index (χ3v) is 7.81. The molecule has 0 aromatic heterocycles. The van der Waals surface area contributed by atoms with E-state index in [1.807, 2.05) is 0 Å². The Labute approximate surface area is 223 Å². The van der Waals surface area contributed by atoms with Crippen molar-refractivity contribution in [2.75, 3.05) is 0 Å². The molecule has 0 atom stereocenters. The molecule has 0 N–H and O–H groups in total. The van der Waals surface area contributed by atoms with Crippen LogP contribution in [0.3, 0.4) is 0 Å². The maximum absolute atomic E-state index is 12.2. The van der Waals surface area contributed by atoms with E-state index in [9.17, 15) is 4.79 Å². The lowest BCUT2D eigenvalue weighted by molar-refractivity contribution is -0.119. The van der Waals surface area contributed by atoms with E-state index in [2.05, 4.69) is 64.1 Å². The van der Waals surface area contributed by atoms with Gasteiger partial charge in [-0.2, -0.15) is 0 Å². The summed E-state index contributed by atoms with van der Waals surface area (Å²) in [7, 11) is 0. The summed E-state index contributed by atoms with van der Waals surface area (Å²) in [6, 6.07) is 13.6. The first-order valence-corrected chi connectivity index (χ1v) is 15.1. The van der Waals surface area contributed by atoms with Crippen LogP contribution in [0.2, 0.25) is 0 Å². The van der Waals surface area contributed by atoms with Crippen LogP contribution in [0.1, 0.15) is 136 Å². The normalized spacial score (nSPS) is 11.2. The highest BCUT2D eigenvalue weighted by atomic mass is 16.1. The van der Waals surface area contributed by atoms with Crippen LogP contribution in [0.4, 0.5) is 0 Å². The number of aryl methyl sites for hydroxylation is 6. The summed E-state index contributed by atoms with van der Waals surface area (Å²) in [6.45, 7) is 8.83. The Morgan fingerprint density at radius 3 is 1.19 bits per heavy atom. The third kappa shape index (κ3) is 13.4. The molecule has 0 saturated carbocycles. The maximum atomic E-state index is 12.2. The molecule has 0 aliphatic carbocycles. The van der Waals surface area contributed by atoms with E-state index >= 15 is 0 Å². The lowest BCUT2D eigenvalue weighted by atomic mass is 9.98. The number of benzene rings is 2. The van der Waals surface area contributed by atoms with Gasteiger partial charge in [-0.1, -0.05) is 112 Å². The summed E-state index contributed by atoms with van der Waals surface area (Å²) < 4.78 is 0. The highest BCUT2D eigenvalue weighted by Gasteiger charge is 2.03. The van der Waals surface area contributed by atoms with E-state index < -0.39 is 0 Å². The summed E-state index contributed by atoms with van der Waals surface area (Å²) in [6.07, 6.45) is 21.9. The van der Waals surface area contributed by atoms with Crippen LogP contribution in [0.5, 0.6) is 0 Å². The molecule has 0 heterocycles. The monoisotopic (exact) mass is 490 g/mol. The number of Topliss-reactive ketones (excluding diaryl/α,β-unsaturated/α-hetero) is 1. The average Bonchev–Trinajstić information content (AvgIpc) is 2.86. The molecule has 0 unspecified atom stereocenters. The van der Waals surface area contributed by atoms with E-state index in [1.54, 1.807) is 0 Å². The molecule has 0 fully saturated rings. The number of ketones is 1. The molecule has 0 spiro atoms. The van der Waals surface area contributed by atoms with Gasteiger partial charge in [0.25, 0.3) is 0 Å². The SMILES string of the molecule is Cc1ccc(C)c(CCCCCCCCCC(=O)CCCCCCCCCc2cc(C)ccc2C)c1. The molecule has 1 heteroatoms. The molecule has 2 aromatic carbocycles. The number of carbonyl (C=O) groups is 1. The minimum atomic E-state index is 0.497. The third-order valence-electron chi connectivity index (χ3n) is 7.81. The molecular weight excluding hydrogens is 436 g/mol. The molecule has 200 valence electrons. The number of rotatable bonds is 20. The Morgan fingerprint density at radius 1 is 0.472 bits per heavy atom. The Kier molecular flexibility index (Phi) is 15.5. The van der Waals surface area contributed by atoms with E-state index in [0.29, 0.717) is 5.78 Å². The van der Waals surface area contributed by atoms with Crippen LogP contribution in [0, 0.1) is 27.7 Å². The zero-order chi connectivity index (χ0) is 26.0. The summed E-state index contributed by atoms with van der Waals surface area (Å²) in [5.74, 6) is 0.497. The smallest absolute Gasteiger partial charge is 0.132 e. The molecule has 36 heavy (non-hydrogen) atoms. The van der Waals surface area contributed by atoms with Gasteiger partial charge in [-0.25, -0.2) is 0 Å². The van der Waals surface area contributed by atoms with Crippen molar-refractivity contribution in [2.24, 2.45) is 0 Å². The largest absolute Gasteiger partial charge is 0.300 e. The van der Waals surface area contributed by atoms with Crippen molar-refractivity contribution in [2.45, 2.75) is 143 Å². The molecule has 1 nitrogen and oxygen atoms in total. The van der Waals surface area contributed by atoms with Gasteiger partial charge in [0.15, 0.2) is 0 Å². The number of hydrogen-bond acceptors (Lipinski definition) is 1. The molecule has 2 rings (SSSR count). The van der Waals surface area contributed by atoms with Gasteiger partial charge in [0.05, 0.1) is 0 Å². The van der Waals surface area contributed by atoms with Gasteiger partial charge in [0.1, 0.15) is 5.78 Å². The zero-order valence-corrected chi connectivity index (χ0v) is 24.1. The van der Waals surface area contributed by atoms with Crippen LogP contribution in [0.15, 0.2) is 36.4 Å². The van der Waals surface area contributed by atoms with Gasteiger partial charge >= 0.3 is 0 Å². The van der Waals surface area contributed by atoms with Crippen molar-refractivity contribution in [1.29, 1.82) is 0 Å². The first kappa shape index (κ1) is 30.3. The van der Waals surface area contributed by atoms with Gasteiger partial charge in [0, 0.05) is 12.8 Å². The van der Waals surface area contributed by atoms with E-state index in [1.165, 1.54) is 123 Å². The summed E-state index contributed by atoms with van der Waals surface area (Å²) in [5, 5.41) is 0. The Bertz CT molecular complexity index is 807.